The van der Waals surface area contributed by atoms with E-state index in [4.69, 9.17) is 10.2 Å². The van der Waals surface area contributed by atoms with E-state index in [2.05, 4.69) is 4.98 Å². The van der Waals surface area contributed by atoms with Gasteiger partial charge in [-0.1, -0.05) is 6.07 Å². The zero-order chi connectivity index (χ0) is 18.7. The first-order valence-electron chi connectivity index (χ1n) is 8.45. The average Bonchev–Trinajstić information content (AvgIpc) is 3.19. The van der Waals surface area contributed by atoms with Crippen LogP contribution in [-0.2, 0) is 29.1 Å². The summed E-state index contributed by atoms with van der Waals surface area (Å²) in [4.78, 5) is 25.9. The minimum Gasteiger partial charge on any atom is -0.481 e. The highest BCUT2D eigenvalue weighted by Gasteiger charge is 2.16. The maximum Gasteiger partial charge on any atom is 0.305 e. The summed E-state index contributed by atoms with van der Waals surface area (Å²) in [5.41, 5.74) is 4.05. The third-order valence-electron chi connectivity index (χ3n) is 4.60. The predicted molar refractivity (Wildman–Crippen MR) is 96.2 cm³/mol. The first kappa shape index (κ1) is 17.7. The Morgan fingerprint density at radius 2 is 1.92 bits per heavy atom. The molecule has 0 aliphatic heterocycles. The van der Waals surface area contributed by atoms with Gasteiger partial charge in [0, 0.05) is 47.5 Å². The van der Waals surface area contributed by atoms with Gasteiger partial charge in [-0.2, -0.15) is 0 Å². The zero-order valence-corrected chi connectivity index (χ0v) is 14.6. The van der Waals surface area contributed by atoms with Gasteiger partial charge in [-0.25, -0.2) is 4.98 Å². The molecule has 2 N–H and O–H groups in total. The van der Waals surface area contributed by atoms with E-state index in [1.807, 2.05) is 40.5 Å². The van der Waals surface area contributed by atoms with Gasteiger partial charge in [-0.15, -0.1) is 0 Å². The Morgan fingerprint density at radius 1 is 1.15 bits per heavy atom. The van der Waals surface area contributed by atoms with E-state index in [-0.39, 0.29) is 12.8 Å². The molecule has 0 aliphatic rings. The molecule has 0 unspecified atom stereocenters. The molecule has 2 heterocycles. The number of aryl methyl sites for hydroxylation is 2. The lowest BCUT2D eigenvalue weighted by atomic mass is 10.0. The molecule has 3 aromatic rings. The van der Waals surface area contributed by atoms with Crippen molar-refractivity contribution < 1.29 is 19.8 Å². The van der Waals surface area contributed by atoms with Gasteiger partial charge in [0.1, 0.15) is 0 Å². The van der Waals surface area contributed by atoms with Crippen LogP contribution in [0.25, 0.3) is 10.9 Å². The number of aromatic nitrogens is 3. The molecule has 0 amide bonds. The molecule has 0 fully saturated rings. The third-order valence-corrected chi connectivity index (χ3v) is 4.60. The molecule has 0 spiro atoms. The molecule has 0 bridgehead atoms. The minimum absolute atomic E-state index is 0.0515. The maximum absolute atomic E-state index is 11.0. The second-order valence-corrected chi connectivity index (χ2v) is 6.34. The molecule has 0 saturated carbocycles. The van der Waals surface area contributed by atoms with E-state index >= 15 is 0 Å². The first-order valence-corrected chi connectivity index (χ1v) is 8.45. The molecule has 0 aliphatic carbocycles. The fourth-order valence-electron chi connectivity index (χ4n) is 3.26. The van der Waals surface area contributed by atoms with Crippen molar-refractivity contribution >= 4 is 22.8 Å². The van der Waals surface area contributed by atoms with Gasteiger partial charge in [-0.3, -0.25) is 9.59 Å². The van der Waals surface area contributed by atoms with Crippen LogP contribution in [0.4, 0.5) is 0 Å². The third kappa shape index (κ3) is 3.77. The van der Waals surface area contributed by atoms with E-state index in [0.29, 0.717) is 19.5 Å². The standard InChI is InChI=1S/C19H21N3O4/c1-13-16(11-21-9-7-20-12-21)15-10-14(3-5-18(23)24)2-4-17(15)22(13)8-6-19(25)26/h2,4,7,9-10,12H,3,5-6,8,11H2,1H3,(H,23,24)(H,25,26). The molecule has 2 aromatic heterocycles. The summed E-state index contributed by atoms with van der Waals surface area (Å²) < 4.78 is 3.99. The van der Waals surface area contributed by atoms with E-state index < -0.39 is 11.9 Å². The summed E-state index contributed by atoms with van der Waals surface area (Å²) in [6.45, 7) is 3.02. The first-order chi connectivity index (χ1) is 12.5. The molecular formula is C19H21N3O4. The number of nitrogens with zero attached hydrogens (tertiary/aromatic N) is 3. The molecule has 0 radical (unpaired) electrons. The lowest BCUT2D eigenvalue weighted by molar-refractivity contribution is -0.138. The fourth-order valence-corrected chi connectivity index (χ4v) is 3.26. The van der Waals surface area contributed by atoms with Crippen LogP contribution in [0.5, 0.6) is 0 Å². The van der Waals surface area contributed by atoms with Gasteiger partial charge in [0.2, 0.25) is 0 Å². The Kier molecular flexibility index (Phi) is 5.06. The van der Waals surface area contributed by atoms with Crippen LogP contribution >= 0.6 is 0 Å². The molecule has 0 atom stereocenters. The normalized spacial score (nSPS) is 11.1. The number of rotatable bonds is 8. The number of benzene rings is 1. The maximum atomic E-state index is 11.0. The van der Waals surface area contributed by atoms with Gasteiger partial charge < -0.3 is 19.3 Å². The summed E-state index contributed by atoms with van der Waals surface area (Å²) in [6.07, 6.45) is 5.95. The number of carboxylic acid groups (broad SMARTS) is 2. The number of hydrogen-bond donors (Lipinski definition) is 2. The topological polar surface area (TPSA) is 97.4 Å². The van der Waals surface area contributed by atoms with Crippen molar-refractivity contribution in [2.45, 2.75) is 39.3 Å². The summed E-state index contributed by atoms with van der Waals surface area (Å²) in [5.74, 6) is -1.65. The largest absolute Gasteiger partial charge is 0.481 e. The van der Waals surface area contributed by atoms with Crippen molar-refractivity contribution in [1.29, 1.82) is 0 Å². The Morgan fingerprint density at radius 3 is 2.58 bits per heavy atom. The highest BCUT2D eigenvalue weighted by atomic mass is 16.4. The monoisotopic (exact) mass is 355 g/mol. The molecule has 7 heteroatoms. The van der Waals surface area contributed by atoms with Crippen molar-refractivity contribution in [3.63, 3.8) is 0 Å². The van der Waals surface area contributed by atoms with Crippen LogP contribution in [-0.4, -0.2) is 36.3 Å². The van der Waals surface area contributed by atoms with E-state index in [1.165, 1.54) is 0 Å². The second kappa shape index (κ2) is 7.43. The summed E-state index contributed by atoms with van der Waals surface area (Å²) in [6, 6.07) is 5.90. The van der Waals surface area contributed by atoms with Crippen molar-refractivity contribution in [2.24, 2.45) is 0 Å². The van der Waals surface area contributed by atoms with Gasteiger partial charge >= 0.3 is 11.9 Å². The molecule has 136 valence electrons. The summed E-state index contributed by atoms with van der Waals surface area (Å²) >= 11 is 0. The lowest BCUT2D eigenvalue weighted by Gasteiger charge is -2.07. The number of carboxylic acids is 2. The van der Waals surface area contributed by atoms with Gasteiger partial charge in [-0.05, 0) is 31.0 Å². The van der Waals surface area contributed by atoms with Crippen LogP contribution in [0.3, 0.4) is 0 Å². The van der Waals surface area contributed by atoms with Crippen LogP contribution in [0.2, 0.25) is 0 Å². The number of carbonyl (C=O) groups is 2. The smallest absolute Gasteiger partial charge is 0.305 e. The summed E-state index contributed by atoms with van der Waals surface area (Å²) in [7, 11) is 0. The van der Waals surface area contributed by atoms with Gasteiger partial charge in [0.15, 0.2) is 0 Å². The van der Waals surface area contributed by atoms with Crippen LogP contribution in [0.15, 0.2) is 36.9 Å². The predicted octanol–water partition coefficient (Wildman–Crippen LogP) is 2.69. The van der Waals surface area contributed by atoms with Crippen molar-refractivity contribution in [1.82, 2.24) is 14.1 Å². The van der Waals surface area contributed by atoms with Crippen LogP contribution in [0.1, 0.15) is 29.7 Å². The number of hydrogen-bond acceptors (Lipinski definition) is 3. The molecule has 1 aromatic carbocycles. The van der Waals surface area contributed by atoms with Crippen LogP contribution < -0.4 is 0 Å². The van der Waals surface area contributed by atoms with Gasteiger partial charge in [0.25, 0.3) is 0 Å². The molecule has 3 rings (SSSR count). The van der Waals surface area contributed by atoms with E-state index in [9.17, 15) is 9.59 Å². The Hall–Kier alpha value is -3.09. The van der Waals surface area contributed by atoms with Crippen molar-refractivity contribution in [3.05, 3.63) is 53.7 Å². The fraction of sp³-hybridized carbons (Fsp3) is 0.316. The van der Waals surface area contributed by atoms with E-state index in [1.54, 1.807) is 12.5 Å². The second-order valence-electron chi connectivity index (χ2n) is 6.34. The number of aliphatic carboxylic acids is 2. The lowest BCUT2D eigenvalue weighted by Crippen LogP contribution is -2.07. The Balaban J connectivity index is 2.04. The molecule has 0 saturated heterocycles. The minimum atomic E-state index is -0.833. The van der Waals surface area contributed by atoms with Crippen LogP contribution in [0, 0.1) is 6.92 Å². The van der Waals surface area contributed by atoms with E-state index in [0.717, 1.165) is 27.7 Å². The zero-order valence-electron chi connectivity index (χ0n) is 14.6. The molecular weight excluding hydrogens is 334 g/mol. The van der Waals surface area contributed by atoms with Crippen molar-refractivity contribution in [3.8, 4) is 0 Å². The SMILES string of the molecule is Cc1c(Cn2ccnc2)c2cc(CCC(=O)O)ccc2n1CCC(=O)O. The Labute approximate surface area is 150 Å². The molecule has 26 heavy (non-hydrogen) atoms. The quantitative estimate of drug-likeness (QED) is 0.647. The number of imidazole rings is 1. The average molecular weight is 355 g/mol. The highest BCUT2D eigenvalue weighted by molar-refractivity contribution is 5.86. The summed E-state index contributed by atoms with van der Waals surface area (Å²) in [5, 5.41) is 19.0. The number of fused-ring (bicyclic) bond motifs is 1. The van der Waals surface area contributed by atoms with Gasteiger partial charge in [0.05, 0.1) is 19.3 Å². The Bertz CT molecular complexity index is 942. The molecule has 7 nitrogen and oxygen atoms in total. The highest BCUT2D eigenvalue weighted by Crippen LogP contribution is 2.28. The van der Waals surface area contributed by atoms with Crippen molar-refractivity contribution in [2.75, 3.05) is 0 Å².